The topological polar surface area (TPSA) is 63.7 Å². The standard InChI is InChI=1S/C13H25NO4S/c1-13(2,3)18-12(15)14-9-6-5-7-11(14)8-10-19(4,16)17/h11H,5-10H2,1-4H3. The van der Waals surface area contributed by atoms with Crippen molar-refractivity contribution in [1.29, 1.82) is 0 Å². The number of carbonyl (C=O) groups is 1. The highest BCUT2D eigenvalue weighted by atomic mass is 32.2. The van der Waals surface area contributed by atoms with Crippen LogP contribution in [0.3, 0.4) is 0 Å². The third kappa shape index (κ3) is 6.27. The molecule has 6 heteroatoms. The van der Waals surface area contributed by atoms with E-state index in [1.54, 1.807) is 4.90 Å². The first-order valence-electron chi connectivity index (χ1n) is 6.76. The summed E-state index contributed by atoms with van der Waals surface area (Å²) >= 11 is 0. The Morgan fingerprint density at radius 2 is 1.95 bits per heavy atom. The van der Waals surface area contributed by atoms with Crippen LogP contribution >= 0.6 is 0 Å². The molecular formula is C13H25NO4S. The monoisotopic (exact) mass is 291 g/mol. The Kier molecular flexibility index (Phi) is 5.24. The van der Waals surface area contributed by atoms with Gasteiger partial charge < -0.3 is 9.64 Å². The van der Waals surface area contributed by atoms with Gasteiger partial charge in [0.05, 0.1) is 5.75 Å². The smallest absolute Gasteiger partial charge is 0.410 e. The van der Waals surface area contributed by atoms with Gasteiger partial charge in [0.1, 0.15) is 15.4 Å². The Morgan fingerprint density at radius 1 is 1.32 bits per heavy atom. The molecule has 0 spiro atoms. The number of nitrogens with zero attached hydrogens (tertiary/aromatic N) is 1. The van der Waals surface area contributed by atoms with Crippen LogP contribution in [0.4, 0.5) is 4.79 Å². The van der Waals surface area contributed by atoms with Crippen molar-refractivity contribution in [3.8, 4) is 0 Å². The molecule has 1 unspecified atom stereocenters. The Morgan fingerprint density at radius 3 is 2.47 bits per heavy atom. The molecule has 1 amide bonds. The van der Waals surface area contributed by atoms with Crippen LogP contribution in [-0.2, 0) is 14.6 Å². The number of ether oxygens (including phenoxy) is 1. The van der Waals surface area contributed by atoms with Gasteiger partial charge in [-0.05, 0) is 46.5 Å². The van der Waals surface area contributed by atoms with Crippen LogP contribution in [0, 0.1) is 0 Å². The molecule has 0 bridgehead atoms. The number of sulfone groups is 1. The van der Waals surface area contributed by atoms with Gasteiger partial charge in [0.2, 0.25) is 0 Å². The summed E-state index contributed by atoms with van der Waals surface area (Å²) in [6.45, 7) is 6.16. The summed E-state index contributed by atoms with van der Waals surface area (Å²) in [7, 11) is -2.99. The zero-order valence-corrected chi connectivity index (χ0v) is 13.1. The molecule has 112 valence electrons. The van der Waals surface area contributed by atoms with Crippen LogP contribution < -0.4 is 0 Å². The zero-order valence-electron chi connectivity index (χ0n) is 12.3. The molecule has 0 saturated carbocycles. The van der Waals surface area contributed by atoms with Crippen LogP contribution in [0.15, 0.2) is 0 Å². The fraction of sp³-hybridized carbons (Fsp3) is 0.923. The second kappa shape index (κ2) is 6.11. The van der Waals surface area contributed by atoms with E-state index in [0.29, 0.717) is 13.0 Å². The molecule has 1 saturated heterocycles. The van der Waals surface area contributed by atoms with Crippen molar-refractivity contribution in [1.82, 2.24) is 4.90 Å². The lowest BCUT2D eigenvalue weighted by molar-refractivity contribution is 0.00952. The quantitative estimate of drug-likeness (QED) is 0.799. The molecule has 5 nitrogen and oxygen atoms in total. The van der Waals surface area contributed by atoms with Crippen molar-refractivity contribution in [2.75, 3.05) is 18.6 Å². The maximum Gasteiger partial charge on any atom is 0.410 e. The number of rotatable bonds is 3. The van der Waals surface area contributed by atoms with Gasteiger partial charge in [-0.3, -0.25) is 0 Å². The van der Waals surface area contributed by atoms with E-state index in [2.05, 4.69) is 0 Å². The van der Waals surface area contributed by atoms with Crippen molar-refractivity contribution in [3.05, 3.63) is 0 Å². The lowest BCUT2D eigenvalue weighted by Crippen LogP contribution is -2.46. The number of likely N-dealkylation sites (tertiary alicyclic amines) is 1. The van der Waals surface area contributed by atoms with Crippen LogP contribution in [-0.4, -0.2) is 49.6 Å². The lowest BCUT2D eigenvalue weighted by atomic mass is 10.0. The minimum atomic E-state index is -2.99. The van der Waals surface area contributed by atoms with Gasteiger partial charge in [-0.15, -0.1) is 0 Å². The predicted octanol–water partition coefficient (Wildman–Crippen LogP) is 2.21. The van der Waals surface area contributed by atoms with Gasteiger partial charge in [-0.1, -0.05) is 0 Å². The van der Waals surface area contributed by atoms with Gasteiger partial charge in [0.25, 0.3) is 0 Å². The third-order valence-electron chi connectivity index (χ3n) is 3.08. The summed E-state index contributed by atoms with van der Waals surface area (Å²) in [5.74, 6) is 0.122. The fourth-order valence-corrected chi connectivity index (χ4v) is 2.91. The van der Waals surface area contributed by atoms with Gasteiger partial charge in [-0.2, -0.15) is 0 Å². The minimum absolute atomic E-state index is 0.0154. The molecule has 0 aromatic rings. The van der Waals surface area contributed by atoms with Gasteiger partial charge in [0.15, 0.2) is 0 Å². The number of piperidine rings is 1. The average molecular weight is 291 g/mol. The van der Waals surface area contributed by atoms with E-state index in [1.165, 1.54) is 6.26 Å². The van der Waals surface area contributed by atoms with Crippen LogP contribution in [0.25, 0.3) is 0 Å². The van der Waals surface area contributed by atoms with E-state index < -0.39 is 15.4 Å². The summed E-state index contributed by atoms with van der Waals surface area (Å²) in [4.78, 5) is 13.8. The first-order chi connectivity index (χ1) is 8.58. The number of hydrogen-bond donors (Lipinski definition) is 0. The number of carbonyl (C=O) groups excluding carboxylic acids is 1. The molecule has 0 aromatic heterocycles. The van der Waals surface area contributed by atoms with Gasteiger partial charge in [0, 0.05) is 18.8 Å². The van der Waals surface area contributed by atoms with E-state index in [1.807, 2.05) is 20.8 Å². The SMILES string of the molecule is CC(C)(C)OC(=O)N1CCCCC1CCS(C)(=O)=O. The van der Waals surface area contributed by atoms with Crippen molar-refractivity contribution >= 4 is 15.9 Å². The molecule has 0 radical (unpaired) electrons. The first-order valence-corrected chi connectivity index (χ1v) is 8.82. The highest BCUT2D eigenvalue weighted by Crippen LogP contribution is 2.22. The maximum atomic E-state index is 12.1. The van der Waals surface area contributed by atoms with Gasteiger partial charge in [-0.25, -0.2) is 13.2 Å². The number of hydrogen-bond acceptors (Lipinski definition) is 4. The van der Waals surface area contributed by atoms with Crippen LogP contribution in [0.5, 0.6) is 0 Å². The van der Waals surface area contributed by atoms with E-state index in [4.69, 9.17) is 4.74 Å². The molecule has 1 heterocycles. The van der Waals surface area contributed by atoms with Crippen molar-refractivity contribution < 1.29 is 17.9 Å². The van der Waals surface area contributed by atoms with Crippen molar-refractivity contribution in [2.24, 2.45) is 0 Å². The molecule has 1 rings (SSSR count). The second-order valence-corrected chi connectivity index (χ2v) is 8.50. The lowest BCUT2D eigenvalue weighted by Gasteiger charge is -2.36. The Balaban J connectivity index is 2.64. The molecule has 0 N–H and O–H groups in total. The van der Waals surface area contributed by atoms with Crippen LogP contribution in [0.2, 0.25) is 0 Å². The zero-order chi connectivity index (χ0) is 14.7. The fourth-order valence-electron chi connectivity index (χ4n) is 2.21. The largest absolute Gasteiger partial charge is 0.444 e. The van der Waals surface area contributed by atoms with E-state index in [9.17, 15) is 13.2 Å². The molecule has 1 atom stereocenters. The van der Waals surface area contributed by atoms with Crippen molar-refractivity contribution in [3.63, 3.8) is 0 Å². The Labute approximate surface area is 116 Å². The normalized spacial score (nSPS) is 21.3. The van der Waals surface area contributed by atoms with Crippen LogP contribution in [0.1, 0.15) is 46.5 Å². The second-order valence-electron chi connectivity index (χ2n) is 6.24. The highest BCUT2D eigenvalue weighted by Gasteiger charge is 2.30. The first kappa shape index (κ1) is 16.3. The van der Waals surface area contributed by atoms with Gasteiger partial charge >= 0.3 is 6.09 Å². The van der Waals surface area contributed by atoms with E-state index in [-0.39, 0.29) is 17.9 Å². The van der Waals surface area contributed by atoms with E-state index >= 15 is 0 Å². The summed E-state index contributed by atoms with van der Waals surface area (Å²) in [5, 5.41) is 0. The Hall–Kier alpha value is -0.780. The average Bonchev–Trinajstić information content (AvgIpc) is 2.23. The molecule has 1 fully saturated rings. The summed E-state index contributed by atoms with van der Waals surface area (Å²) < 4.78 is 27.9. The molecule has 1 aliphatic rings. The summed E-state index contributed by atoms with van der Waals surface area (Å²) in [5.41, 5.74) is -0.518. The third-order valence-corrected chi connectivity index (χ3v) is 4.05. The minimum Gasteiger partial charge on any atom is -0.444 e. The molecule has 0 aromatic carbocycles. The molecular weight excluding hydrogens is 266 g/mol. The Bertz CT molecular complexity index is 411. The predicted molar refractivity (Wildman–Crippen MR) is 74.9 cm³/mol. The van der Waals surface area contributed by atoms with Crippen molar-refractivity contribution in [2.45, 2.75) is 58.1 Å². The summed E-state index contributed by atoms with van der Waals surface area (Å²) in [6.07, 6.45) is 4.24. The highest BCUT2D eigenvalue weighted by molar-refractivity contribution is 7.90. The van der Waals surface area contributed by atoms with E-state index in [0.717, 1.165) is 19.3 Å². The molecule has 1 aliphatic heterocycles. The number of amides is 1. The molecule has 19 heavy (non-hydrogen) atoms. The summed E-state index contributed by atoms with van der Waals surface area (Å²) in [6, 6.07) is -0.0154. The molecule has 0 aliphatic carbocycles. The maximum absolute atomic E-state index is 12.1.